The van der Waals surface area contributed by atoms with Crippen LogP contribution in [0.3, 0.4) is 0 Å². The Labute approximate surface area is 114 Å². The van der Waals surface area contributed by atoms with Crippen LogP contribution >= 0.6 is 11.8 Å². The van der Waals surface area contributed by atoms with Gasteiger partial charge in [0.15, 0.2) is 11.4 Å². The number of rotatable bonds is 2. The molecule has 3 rings (SSSR count). The van der Waals surface area contributed by atoms with E-state index in [4.69, 9.17) is 0 Å². The summed E-state index contributed by atoms with van der Waals surface area (Å²) in [5.74, 6) is 2.28. The first kappa shape index (κ1) is 12.5. The van der Waals surface area contributed by atoms with Crippen LogP contribution in [0.2, 0.25) is 0 Å². The van der Waals surface area contributed by atoms with Crippen LogP contribution in [0.25, 0.3) is 5.65 Å². The van der Waals surface area contributed by atoms with E-state index >= 15 is 0 Å². The number of aromatic hydroxyl groups is 1. The third kappa shape index (κ3) is 2.59. The minimum atomic E-state index is -0.151. The van der Waals surface area contributed by atoms with Gasteiger partial charge in [0.2, 0.25) is 0 Å². The first-order valence-electron chi connectivity index (χ1n) is 6.24. The van der Waals surface area contributed by atoms with E-state index in [1.54, 1.807) is 24.4 Å². The largest absolute Gasteiger partial charge is 0.504 e. The van der Waals surface area contributed by atoms with E-state index in [0.717, 1.165) is 30.3 Å². The molecule has 0 atom stereocenters. The summed E-state index contributed by atoms with van der Waals surface area (Å²) in [5.41, 5.74) is 0.900. The van der Waals surface area contributed by atoms with Crippen molar-refractivity contribution in [2.75, 3.05) is 24.6 Å². The predicted octanol–water partition coefficient (Wildman–Crippen LogP) is 0.949. The van der Waals surface area contributed by atoms with Crippen LogP contribution in [0.5, 0.6) is 5.75 Å². The summed E-state index contributed by atoms with van der Waals surface area (Å²) >= 11 is 1.95. The zero-order chi connectivity index (χ0) is 13.2. The molecule has 0 bridgehead atoms. The summed E-state index contributed by atoms with van der Waals surface area (Å²) in [7, 11) is 0. The van der Waals surface area contributed by atoms with Crippen molar-refractivity contribution >= 4 is 17.4 Å². The Kier molecular flexibility index (Phi) is 3.44. The van der Waals surface area contributed by atoms with E-state index in [1.807, 2.05) is 11.8 Å². The standard InChI is InChI=1S/C13H15N3O2S/c17-11-2-1-3-16-12(18)8-10(14-13(11)16)9-15-4-6-19-7-5-15/h1-3,8,17H,4-7,9H2. The maximum absolute atomic E-state index is 12.0. The number of hydrogen-bond donors (Lipinski definition) is 1. The molecule has 1 aliphatic rings. The van der Waals surface area contributed by atoms with E-state index in [0.29, 0.717) is 12.2 Å². The number of pyridine rings is 1. The van der Waals surface area contributed by atoms with Crippen molar-refractivity contribution in [1.82, 2.24) is 14.3 Å². The second kappa shape index (κ2) is 5.22. The Morgan fingerprint density at radius 1 is 1.37 bits per heavy atom. The van der Waals surface area contributed by atoms with Crippen LogP contribution < -0.4 is 5.56 Å². The number of fused-ring (bicyclic) bond motifs is 1. The van der Waals surface area contributed by atoms with Gasteiger partial charge >= 0.3 is 0 Å². The molecule has 0 spiro atoms. The first-order chi connectivity index (χ1) is 9.24. The normalized spacial score (nSPS) is 16.8. The summed E-state index contributed by atoms with van der Waals surface area (Å²) in [6, 6.07) is 4.73. The molecule has 0 aromatic carbocycles. The lowest BCUT2D eigenvalue weighted by Gasteiger charge is -2.25. The molecule has 0 unspecified atom stereocenters. The maximum Gasteiger partial charge on any atom is 0.258 e. The Balaban J connectivity index is 1.96. The van der Waals surface area contributed by atoms with Gasteiger partial charge in [-0.25, -0.2) is 4.98 Å². The molecule has 1 saturated heterocycles. The third-order valence-corrected chi connectivity index (χ3v) is 4.16. The molecule has 0 radical (unpaired) electrons. The third-order valence-electron chi connectivity index (χ3n) is 3.21. The molecule has 1 fully saturated rings. The van der Waals surface area contributed by atoms with Crippen LogP contribution in [-0.2, 0) is 6.54 Å². The van der Waals surface area contributed by atoms with Gasteiger partial charge in [-0.2, -0.15) is 11.8 Å². The van der Waals surface area contributed by atoms with Crippen LogP contribution in [0, 0.1) is 0 Å². The van der Waals surface area contributed by atoms with Crippen LogP contribution in [0.15, 0.2) is 29.2 Å². The van der Waals surface area contributed by atoms with Crippen molar-refractivity contribution in [2.45, 2.75) is 6.54 Å². The van der Waals surface area contributed by atoms with Gasteiger partial charge in [0.05, 0.1) is 5.69 Å². The lowest BCUT2D eigenvalue weighted by molar-refractivity contribution is 0.291. The van der Waals surface area contributed by atoms with Gasteiger partial charge < -0.3 is 5.11 Å². The fraction of sp³-hybridized carbons (Fsp3) is 0.385. The maximum atomic E-state index is 12.0. The zero-order valence-electron chi connectivity index (χ0n) is 10.5. The van der Waals surface area contributed by atoms with Crippen LogP contribution in [0.1, 0.15) is 5.69 Å². The zero-order valence-corrected chi connectivity index (χ0v) is 11.3. The van der Waals surface area contributed by atoms with E-state index in [1.165, 1.54) is 4.40 Å². The summed E-state index contributed by atoms with van der Waals surface area (Å²) < 4.78 is 1.37. The number of aromatic nitrogens is 2. The van der Waals surface area contributed by atoms with Gasteiger partial charge in [0.25, 0.3) is 5.56 Å². The summed E-state index contributed by atoms with van der Waals surface area (Å²) in [4.78, 5) is 18.7. The fourth-order valence-corrected chi connectivity index (χ4v) is 3.21. The van der Waals surface area contributed by atoms with E-state index in [2.05, 4.69) is 9.88 Å². The lowest BCUT2D eigenvalue weighted by atomic mass is 10.3. The molecular weight excluding hydrogens is 262 g/mol. The molecule has 2 aromatic rings. The number of nitrogens with zero attached hydrogens (tertiary/aromatic N) is 3. The molecule has 0 amide bonds. The molecule has 3 heterocycles. The second-order valence-electron chi connectivity index (χ2n) is 4.56. The molecule has 1 N–H and O–H groups in total. The molecule has 19 heavy (non-hydrogen) atoms. The minimum absolute atomic E-state index is 0.0376. The lowest BCUT2D eigenvalue weighted by Crippen LogP contribution is -2.33. The highest BCUT2D eigenvalue weighted by atomic mass is 32.2. The molecule has 0 saturated carbocycles. The van der Waals surface area contributed by atoms with Gasteiger partial charge in [-0.15, -0.1) is 0 Å². The van der Waals surface area contributed by atoms with E-state index in [-0.39, 0.29) is 11.3 Å². The number of hydrogen-bond acceptors (Lipinski definition) is 5. The van der Waals surface area contributed by atoms with Gasteiger partial charge in [-0.1, -0.05) is 0 Å². The van der Waals surface area contributed by atoms with Crippen LogP contribution in [-0.4, -0.2) is 44.0 Å². The SMILES string of the molecule is O=c1cc(CN2CCSCC2)nc2c(O)cccn12. The Bertz CT molecular complexity index is 650. The summed E-state index contributed by atoms with van der Waals surface area (Å²) in [6.45, 7) is 2.71. The highest BCUT2D eigenvalue weighted by Crippen LogP contribution is 2.15. The molecule has 0 aliphatic carbocycles. The van der Waals surface area contributed by atoms with Crippen molar-refractivity contribution in [3.8, 4) is 5.75 Å². The second-order valence-corrected chi connectivity index (χ2v) is 5.79. The van der Waals surface area contributed by atoms with Gasteiger partial charge in [0.1, 0.15) is 0 Å². The molecule has 5 nitrogen and oxygen atoms in total. The molecule has 2 aromatic heterocycles. The Morgan fingerprint density at radius 2 is 2.16 bits per heavy atom. The molecule has 6 heteroatoms. The van der Waals surface area contributed by atoms with Gasteiger partial charge in [-0.3, -0.25) is 14.1 Å². The quantitative estimate of drug-likeness (QED) is 0.885. The first-order valence-corrected chi connectivity index (χ1v) is 7.40. The van der Waals surface area contributed by atoms with Crippen molar-refractivity contribution in [2.24, 2.45) is 0 Å². The number of thioether (sulfide) groups is 1. The molecule has 100 valence electrons. The topological polar surface area (TPSA) is 57.8 Å². The van der Waals surface area contributed by atoms with Gasteiger partial charge in [0, 0.05) is 43.4 Å². The van der Waals surface area contributed by atoms with Crippen molar-refractivity contribution in [3.63, 3.8) is 0 Å². The highest BCUT2D eigenvalue weighted by Gasteiger charge is 2.13. The Morgan fingerprint density at radius 3 is 2.95 bits per heavy atom. The van der Waals surface area contributed by atoms with Gasteiger partial charge in [-0.05, 0) is 12.1 Å². The average molecular weight is 277 g/mol. The smallest absolute Gasteiger partial charge is 0.258 e. The van der Waals surface area contributed by atoms with E-state index < -0.39 is 0 Å². The Hall–Kier alpha value is -1.53. The fourth-order valence-electron chi connectivity index (χ4n) is 2.23. The average Bonchev–Trinajstić information content (AvgIpc) is 2.41. The van der Waals surface area contributed by atoms with Crippen molar-refractivity contribution < 1.29 is 5.11 Å². The summed E-state index contributed by atoms with van der Waals surface area (Å²) in [6.07, 6.45) is 1.62. The summed E-state index contributed by atoms with van der Waals surface area (Å²) in [5, 5.41) is 9.79. The van der Waals surface area contributed by atoms with Crippen molar-refractivity contribution in [1.29, 1.82) is 0 Å². The predicted molar refractivity (Wildman–Crippen MR) is 75.7 cm³/mol. The molecule has 1 aliphatic heterocycles. The van der Waals surface area contributed by atoms with E-state index in [9.17, 15) is 9.90 Å². The monoisotopic (exact) mass is 277 g/mol. The van der Waals surface area contributed by atoms with Crippen LogP contribution in [0.4, 0.5) is 0 Å². The highest BCUT2D eigenvalue weighted by molar-refractivity contribution is 7.99. The van der Waals surface area contributed by atoms with Crippen molar-refractivity contribution in [3.05, 3.63) is 40.4 Å². The molecular formula is C13H15N3O2S. The minimum Gasteiger partial charge on any atom is -0.504 e.